The second-order valence-corrected chi connectivity index (χ2v) is 6.65. The van der Waals surface area contributed by atoms with Crippen molar-refractivity contribution in [3.05, 3.63) is 52.8 Å². The molecule has 0 aromatic carbocycles. The molecule has 4 heterocycles. The fourth-order valence-electron chi connectivity index (χ4n) is 2.98. The van der Waals surface area contributed by atoms with Crippen molar-refractivity contribution in [3.63, 3.8) is 0 Å². The van der Waals surface area contributed by atoms with Crippen LogP contribution in [0.3, 0.4) is 0 Å². The Balaban J connectivity index is 1.41. The molecule has 0 bridgehead atoms. The Kier molecular flexibility index (Phi) is 4.26. The maximum Gasteiger partial charge on any atom is 0.150 e. The van der Waals surface area contributed by atoms with Crippen molar-refractivity contribution in [2.45, 2.75) is 6.54 Å². The third-order valence-corrected chi connectivity index (χ3v) is 4.66. The van der Waals surface area contributed by atoms with Crippen LogP contribution < -0.4 is 4.90 Å². The van der Waals surface area contributed by atoms with Gasteiger partial charge in [-0.05, 0) is 12.1 Å². The molecule has 1 saturated heterocycles. The molecule has 3 aromatic heterocycles. The largest absolute Gasteiger partial charge is 0.353 e. The monoisotopic (exact) mass is 362 g/mol. The summed E-state index contributed by atoms with van der Waals surface area (Å²) >= 11 is 12.2. The van der Waals surface area contributed by atoms with Gasteiger partial charge in [-0.25, -0.2) is 15.0 Å². The lowest BCUT2D eigenvalue weighted by molar-refractivity contribution is 0.247. The van der Waals surface area contributed by atoms with E-state index in [9.17, 15) is 0 Å². The lowest BCUT2D eigenvalue weighted by Crippen LogP contribution is -2.46. The number of fused-ring (bicyclic) bond motifs is 1. The molecule has 0 unspecified atom stereocenters. The minimum Gasteiger partial charge on any atom is -0.353 e. The summed E-state index contributed by atoms with van der Waals surface area (Å²) in [4.78, 5) is 17.5. The molecule has 0 atom stereocenters. The molecular formula is C16H16Cl2N6. The van der Waals surface area contributed by atoms with E-state index in [1.165, 1.54) is 6.33 Å². The molecule has 8 heteroatoms. The van der Waals surface area contributed by atoms with E-state index in [1.807, 2.05) is 28.9 Å². The fourth-order valence-corrected chi connectivity index (χ4v) is 3.37. The van der Waals surface area contributed by atoms with Gasteiger partial charge in [-0.15, -0.1) is 0 Å². The molecule has 124 valence electrons. The number of rotatable bonds is 3. The molecule has 1 aliphatic rings. The van der Waals surface area contributed by atoms with Crippen LogP contribution in [-0.2, 0) is 6.54 Å². The summed E-state index contributed by atoms with van der Waals surface area (Å²) in [6.45, 7) is 4.47. The van der Waals surface area contributed by atoms with Gasteiger partial charge >= 0.3 is 0 Å². The van der Waals surface area contributed by atoms with Crippen molar-refractivity contribution < 1.29 is 0 Å². The van der Waals surface area contributed by atoms with Gasteiger partial charge in [0.2, 0.25) is 0 Å². The number of hydrogen-bond donors (Lipinski definition) is 0. The first-order valence-electron chi connectivity index (χ1n) is 7.75. The highest BCUT2D eigenvalue weighted by Gasteiger charge is 2.20. The van der Waals surface area contributed by atoms with Gasteiger partial charge in [0, 0.05) is 45.1 Å². The smallest absolute Gasteiger partial charge is 0.150 e. The third-order valence-electron chi connectivity index (χ3n) is 4.17. The van der Waals surface area contributed by atoms with Crippen LogP contribution in [0.5, 0.6) is 0 Å². The van der Waals surface area contributed by atoms with Crippen LogP contribution >= 0.6 is 23.2 Å². The molecule has 1 fully saturated rings. The van der Waals surface area contributed by atoms with Gasteiger partial charge in [-0.2, -0.15) is 0 Å². The highest BCUT2D eigenvalue weighted by molar-refractivity contribution is 6.32. The van der Waals surface area contributed by atoms with E-state index in [2.05, 4.69) is 24.8 Å². The van der Waals surface area contributed by atoms with E-state index >= 15 is 0 Å². The van der Waals surface area contributed by atoms with Crippen LogP contribution in [-0.4, -0.2) is 50.4 Å². The Morgan fingerprint density at radius 1 is 1.04 bits per heavy atom. The van der Waals surface area contributed by atoms with Crippen molar-refractivity contribution in [1.82, 2.24) is 24.3 Å². The SMILES string of the molecule is Clc1ccc2nc(CN3CCN(c4ncncc4Cl)CC3)cn2c1. The molecule has 3 aromatic rings. The lowest BCUT2D eigenvalue weighted by Gasteiger charge is -2.35. The molecule has 4 rings (SSSR count). The van der Waals surface area contributed by atoms with E-state index in [1.54, 1.807) is 6.20 Å². The average molecular weight is 363 g/mol. The highest BCUT2D eigenvalue weighted by atomic mass is 35.5. The number of piperazine rings is 1. The van der Waals surface area contributed by atoms with Crippen molar-refractivity contribution in [3.8, 4) is 0 Å². The van der Waals surface area contributed by atoms with E-state index < -0.39 is 0 Å². The molecule has 0 spiro atoms. The van der Waals surface area contributed by atoms with E-state index in [0.29, 0.717) is 10.0 Å². The first-order valence-corrected chi connectivity index (χ1v) is 8.50. The number of hydrogen-bond acceptors (Lipinski definition) is 5. The average Bonchev–Trinajstić information content (AvgIpc) is 2.97. The van der Waals surface area contributed by atoms with Crippen LogP contribution in [0.2, 0.25) is 10.0 Å². The maximum absolute atomic E-state index is 6.18. The normalized spacial score (nSPS) is 16.0. The summed E-state index contributed by atoms with van der Waals surface area (Å²) < 4.78 is 1.97. The molecule has 0 N–H and O–H groups in total. The Hall–Kier alpha value is -1.89. The zero-order chi connectivity index (χ0) is 16.5. The maximum atomic E-state index is 6.18. The van der Waals surface area contributed by atoms with Gasteiger partial charge in [0.25, 0.3) is 0 Å². The predicted octanol–water partition coefficient (Wildman–Crippen LogP) is 2.75. The second kappa shape index (κ2) is 6.55. The molecule has 24 heavy (non-hydrogen) atoms. The molecular weight excluding hydrogens is 347 g/mol. The van der Waals surface area contributed by atoms with Crippen LogP contribution in [0.4, 0.5) is 5.82 Å². The van der Waals surface area contributed by atoms with Crippen molar-refractivity contribution in [2.24, 2.45) is 0 Å². The molecule has 0 aliphatic carbocycles. The summed E-state index contributed by atoms with van der Waals surface area (Å²) in [5, 5.41) is 1.31. The number of aromatic nitrogens is 4. The Bertz CT molecular complexity index is 857. The third kappa shape index (κ3) is 3.17. The minimum atomic E-state index is 0.600. The van der Waals surface area contributed by atoms with Crippen molar-refractivity contribution in [1.29, 1.82) is 0 Å². The van der Waals surface area contributed by atoms with Crippen LogP contribution in [0.15, 0.2) is 37.1 Å². The van der Waals surface area contributed by atoms with E-state index in [-0.39, 0.29) is 0 Å². The minimum absolute atomic E-state index is 0.600. The summed E-state index contributed by atoms with van der Waals surface area (Å²) in [5.74, 6) is 0.814. The predicted molar refractivity (Wildman–Crippen MR) is 94.7 cm³/mol. The summed E-state index contributed by atoms with van der Waals surface area (Å²) in [7, 11) is 0. The Labute approximate surface area is 149 Å². The number of imidazole rings is 1. The Morgan fingerprint density at radius 2 is 1.88 bits per heavy atom. The summed E-state index contributed by atoms with van der Waals surface area (Å²) in [6.07, 6.45) is 7.09. The Morgan fingerprint density at radius 3 is 2.67 bits per heavy atom. The molecule has 1 aliphatic heterocycles. The first kappa shape index (κ1) is 15.6. The van der Waals surface area contributed by atoms with Gasteiger partial charge in [-0.1, -0.05) is 23.2 Å². The topological polar surface area (TPSA) is 49.6 Å². The van der Waals surface area contributed by atoms with Gasteiger partial charge < -0.3 is 9.30 Å². The molecule has 0 amide bonds. The van der Waals surface area contributed by atoms with Gasteiger partial charge in [0.1, 0.15) is 17.0 Å². The van der Waals surface area contributed by atoms with Crippen molar-refractivity contribution in [2.75, 3.05) is 31.1 Å². The lowest BCUT2D eigenvalue weighted by atomic mass is 10.3. The zero-order valence-corrected chi connectivity index (χ0v) is 14.5. The standard InChI is InChI=1S/C16H16Cl2N6/c17-12-1-2-15-21-13(10-24(15)8-12)9-22-3-5-23(6-4-22)16-14(18)7-19-11-20-16/h1-2,7-8,10-11H,3-6,9H2. The molecule has 6 nitrogen and oxygen atoms in total. The van der Waals surface area contributed by atoms with Gasteiger partial charge in [0.05, 0.1) is 16.9 Å². The quantitative estimate of drug-likeness (QED) is 0.716. The number of anilines is 1. The van der Waals surface area contributed by atoms with Crippen LogP contribution in [0, 0.1) is 0 Å². The highest BCUT2D eigenvalue weighted by Crippen LogP contribution is 2.23. The number of pyridine rings is 1. The molecule has 0 saturated carbocycles. The first-order chi connectivity index (χ1) is 11.7. The zero-order valence-electron chi connectivity index (χ0n) is 12.9. The second-order valence-electron chi connectivity index (χ2n) is 5.80. The van der Waals surface area contributed by atoms with Gasteiger partial charge in [-0.3, -0.25) is 4.90 Å². The summed E-state index contributed by atoms with van der Waals surface area (Å²) in [5.41, 5.74) is 1.96. The van der Waals surface area contributed by atoms with Crippen molar-refractivity contribution >= 4 is 34.7 Å². The van der Waals surface area contributed by atoms with Crippen LogP contribution in [0.25, 0.3) is 5.65 Å². The summed E-state index contributed by atoms with van der Waals surface area (Å²) in [6, 6.07) is 3.79. The number of nitrogens with zero attached hydrogens (tertiary/aromatic N) is 6. The van der Waals surface area contributed by atoms with Crippen LogP contribution in [0.1, 0.15) is 5.69 Å². The van der Waals surface area contributed by atoms with E-state index in [4.69, 9.17) is 23.2 Å². The van der Waals surface area contributed by atoms with E-state index in [0.717, 1.165) is 49.9 Å². The number of halogens is 2. The fraction of sp³-hybridized carbons (Fsp3) is 0.312. The van der Waals surface area contributed by atoms with Gasteiger partial charge in [0.15, 0.2) is 5.82 Å². The molecule has 0 radical (unpaired) electrons.